The summed E-state index contributed by atoms with van der Waals surface area (Å²) in [6, 6.07) is 2.39. The van der Waals surface area contributed by atoms with E-state index in [1.807, 2.05) is 0 Å². The Morgan fingerprint density at radius 1 is 1.30 bits per heavy atom. The zero-order valence-corrected chi connectivity index (χ0v) is 13.2. The number of hydrogen-bond acceptors (Lipinski definition) is 2. The largest absolute Gasteiger partial charge is 0.478 e. The number of hydrogen-bond donors (Lipinski definition) is 1. The van der Waals surface area contributed by atoms with Gasteiger partial charge in [-0.1, -0.05) is 45.4 Å². The van der Waals surface area contributed by atoms with Crippen molar-refractivity contribution >= 4 is 5.97 Å². The average molecular weight is 279 g/mol. The highest BCUT2D eigenvalue weighted by Gasteiger charge is 2.04. The summed E-state index contributed by atoms with van der Waals surface area (Å²) in [7, 11) is 0. The molecule has 1 unspecified atom stereocenters. The normalized spacial score (nSPS) is 11.3. The van der Waals surface area contributed by atoms with Crippen molar-refractivity contribution in [2.24, 2.45) is 5.92 Å². The molecular formula is C17H29NO2. The van der Waals surface area contributed by atoms with Crippen LogP contribution in [0.25, 0.3) is 0 Å². The van der Waals surface area contributed by atoms with Gasteiger partial charge in [0.15, 0.2) is 0 Å². The lowest BCUT2D eigenvalue weighted by molar-refractivity contribution is -0.132. The van der Waals surface area contributed by atoms with Gasteiger partial charge in [-0.3, -0.25) is 0 Å². The minimum atomic E-state index is -0.935. The topological polar surface area (TPSA) is 61.1 Å². The number of aliphatic carboxylic acids is 1. The number of carboxylic acids is 1. The third-order valence-electron chi connectivity index (χ3n) is 2.76. The molecule has 0 fully saturated rings. The van der Waals surface area contributed by atoms with Gasteiger partial charge in [0.25, 0.3) is 0 Å². The van der Waals surface area contributed by atoms with Gasteiger partial charge in [-0.05, 0) is 39.0 Å². The fourth-order valence-electron chi connectivity index (χ4n) is 1.56. The van der Waals surface area contributed by atoms with Crippen LogP contribution in [0.1, 0.15) is 65.7 Å². The summed E-state index contributed by atoms with van der Waals surface area (Å²) >= 11 is 0. The van der Waals surface area contributed by atoms with Crippen molar-refractivity contribution in [2.45, 2.75) is 65.7 Å². The Kier molecular flexibility index (Phi) is 16.1. The number of unbranched alkanes of at least 4 members (excludes halogenated alkanes) is 2. The zero-order chi connectivity index (χ0) is 15.8. The predicted octanol–water partition coefficient (Wildman–Crippen LogP) is 5.10. The van der Waals surface area contributed by atoms with E-state index in [4.69, 9.17) is 10.4 Å². The Morgan fingerprint density at radius 2 is 1.90 bits per heavy atom. The Balaban J connectivity index is 0. The maximum absolute atomic E-state index is 9.60. The molecule has 3 nitrogen and oxygen atoms in total. The molecule has 0 aliphatic heterocycles. The minimum Gasteiger partial charge on any atom is -0.478 e. The van der Waals surface area contributed by atoms with Crippen LogP contribution in [-0.2, 0) is 4.79 Å². The van der Waals surface area contributed by atoms with E-state index < -0.39 is 5.97 Å². The first-order chi connectivity index (χ1) is 9.49. The van der Waals surface area contributed by atoms with Crippen LogP contribution >= 0.6 is 0 Å². The van der Waals surface area contributed by atoms with E-state index in [9.17, 15) is 4.79 Å². The number of allylic oxidation sites excluding steroid dienone is 2. The summed E-state index contributed by atoms with van der Waals surface area (Å²) in [4.78, 5) is 9.60. The first-order valence-electron chi connectivity index (χ1n) is 7.42. The monoisotopic (exact) mass is 279 g/mol. The molecule has 0 saturated carbocycles. The molecule has 3 heteroatoms. The molecule has 0 aliphatic carbocycles. The van der Waals surface area contributed by atoms with E-state index in [2.05, 4.69) is 38.6 Å². The first-order valence-corrected chi connectivity index (χ1v) is 7.42. The van der Waals surface area contributed by atoms with E-state index in [-0.39, 0.29) is 5.57 Å². The molecule has 0 aromatic carbocycles. The molecule has 0 spiro atoms. The molecule has 114 valence electrons. The summed E-state index contributed by atoms with van der Waals surface area (Å²) in [5.41, 5.74) is 0.176. The van der Waals surface area contributed by atoms with Crippen molar-refractivity contribution in [2.75, 3.05) is 0 Å². The van der Waals surface area contributed by atoms with E-state index in [0.29, 0.717) is 5.92 Å². The second kappa shape index (κ2) is 15.5. The van der Waals surface area contributed by atoms with Crippen molar-refractivity contribution < 1.29 is 9.90 Å². The Bertz CT molecular complexity index is 314. The molecule has 0 aliphatic rings. The molecular weight excluding hydrogens is 250 g/mol. The number of rotatable bonds is 9. The van der Waals surface area contributed by atoms with Crippen molar-refractivity contribution in [1.29, 1.82) is 5.26 Å². The highest BCUT2D eigenvalue weighted by atomic mass is 16.4. The van der Waals surface area contributed by atoms with Crippen LogP contribution in [-0.4, -0.2) is 11.1 Å². The molecule has 0 amide bonds. The maximum Gasteiger partial charge on any atom is 0.330 e. The summed E-state index contributed by atoms with van der Waals surface area (Å²) in [5.74, 6) is -0.634. The van der Waals surface area contributed by atoms with Gasteiger partial charge in [0.2, 0.25) is 0 Å². The van der Waals surface area contributed by atoms with Crippen LogP contribution in [0.4, 0.5) is 0 Å². The van der Waals surface area contributed by atoms with Gasteiger partial charge in [-0.2, -0.15) is 5.26 Å². The summed E-state index contributed by atoms with van der Waals surface area (Å²) in [6.45, 7) is 8.91. The highest BCUT2D eigenvalue weighted by molar-refractivity contribution is 5.84. The third kappa shape index (κ3) is 16.4. The van der Waals surface area contributed by atoms with Crippen molar-refractivity contribution in [1.82, 2.24) is 0 Å². The molecule has 20 heavy (non-hydrogen) atoms. The van der Waals surface area contributed by atoms with Crippen LogP contribution in [0.2, 0.25) is 0 Å². The second-order valence-electron chi connectivity index (χ2n) is 4.86. The predicted molar refractivity (Wildman–Crippen MR) is 84.4 cm³/mol. The molecule has 0 aromatic rings. The quantitative estimate of drug-likeness (QED) is 0.363. The van der Waals surface area contributed by atoms with Gasteiger partial charge in [0.1, 0.15) is 0 Å². The van der Waals surface area contributed by atoms with E-state index >= 15 is 0 Å². The van der Waals surface area contributed by atoms with Gasteiger partial charge in [-0.25, -0.2) is 4.79 Å². The summed E-state index contributed by atoms with van der Waals surface area (Å²) < 4.78 is 0. The minimum absolute atomic E-state index is 0.176. The second-order valence-corrected chi connectivity index (χ2v) is 4.86. The molecule has 0 bridgehead atoms. The Labute approximate surface area is 124 Å². The van der Waals surface area contributed by atoms with Gasteiger partial charge in [0, 0.05) is 11.5 Å². The van der Waals surface area contributed by atoms with Crippen LogP contribution in [0.5, 0.6) is 0 Å². The average Bonchev–Trinajstić information content (AvgIpc) is 2.42. The standard InChI is InChI=1S/C13H23N.C4H6O2/c1-3-5-6-7-8-9-11-13(12-14)10-4-2;1-3(2)4(5)6/h5-6,13H,3-4,7-11H2,1-2H3;1H2,2H3,(H,5,6). The van der Waals surface area contributed by atoms with E-state index in [1.54, 1.807) is 0 Å². The fraction of sp³-hybridized carbons (Fsp3) is 0.647. The zero-order valence-electron chi connectivity index (χ0n) is 13.2. The Hall–Kier alpha value is -1.56. The highest BCUT2D eigenvalue weighted by Crippen LogP contribution is 2.14. The van der Waals surface area contributed by atoms with E-state index in [0.717, 1.165) is 25.7 Å². The number of nitrogens with zero attached hydrogens (tertiary/aromatic N) is 1. The molecule has 0 saturated heterocycles. The Morgan fingerprint density at radius 3 is 2.30 bits per heavy atom. The van der Waals surface area contributed by atoms with Crippen LogP contribution in [0, 0.1) is 17.2 Å². The SMILES string of the molecule is C=C(C)C(=O)O.CCC=CCCCCC(C#N)CCC. The van der Waals surface area contributed by atoms with Gasteiger partial charge < -0.3 is 5.11 Å². The lowest BCUT2D eigenvalue weighted by atomic mass is 9.98. The van der Waals surface area contributed by atoms with Crippen LogP contribution < -0.4 is 0 Å². The first kappa shape index (κ1) is 20.8. The molecule has 1 N–H and O–H groups in total. The van der Waals surface area contributed by atoms with Gasteiger partial charge >= 0.3 is 5.97 Å². The molecule has 1 atom stereocenters. The number of carbonyl (C=O) groups is 1. The fourth-order valence-corrected chi connectivity index (χ4v) is 1.56. The van der Waals surface area contributed by atoms with Crippen molar-refractivity contribution in [3.05, 3.63) is 24.3 Å². The number of nitriles is 1. The summed E-state index contributed by atoms with van der Waals surface area (Å²) in [6.07, 6.45) is 12.5. The summed E-state index contributed by atoms with van der Waals surface area (Å²) in [5, 5.41) is 16.7. The van der Waals surface area contributed by atoms with Gasteiger partial charge in [0.05, 0.1) is 6.07 Å². The molecule has 0 rings (SSSR count). The van der Waals surface area contributed by atoms with Crippen LogP contribution in [0.15, 0.2) is 24.3 Å². The molecule has 0 heterocycles. The van der Waals surface area contributed by atoms with Crippen molar-refractivity contribution in [3.8, 4) is 6.07 Å². The smallest absolute Gasteiger partial charge is 0.330 e. The maximum atomic E-state index is 9.60. The van der Waals surface area contributed by atoms with E-state index in [1.165, 1.54) is 26.2 Å². The van der Waals surface area contributed by atoms with Crippen molar-refractivity contribution in [3.63, 3.8) is 0 Å². The molecule has 0 aromatic heterocycles. The number of carboxylic acid groups (broad SMARTS) is 1. The van der Waals surface area contributed by atoms with Crippen LogP contribution in [0.3, 0.4) is 0 Å². The van der Waals surface area contributed by atoms with Gasteiger partial charge in [-0.15, -0.1) is 0 Å². The third-order valence-corrected chi connectivity index (χ3v) is 2.76. The lowest BCUT2D eigenvalue weighted by Gasteiger charge is -2.05. The lowest BCUT2D eigenvalue weighted by Crippen LogP contribution is -1.95. The molecule has 0 radical (unpaired) electrons.